The van der Waals surface area contributed by atoms with E-state index in [1.807, 2.05) is 18.7 Å². The number of hydrogen-bond acceptors (Lipinski definition) is 2. The fourth-order valence-electron chi connectivity index (χ4n) is 1.35. The first-order valence-corrected chi connectivity index (χ1v) is 4.15. The van der Waals surface area contributed by atoms with Crippen molar-refractivity contribution in [3.8, 4) is 0 Å². The molecule has 1 amide bonds. The van der Waals surface area contributed by atoms with Crippen LogP contribution in [0.15, 0.2) is 0 Å². The van der Waals surface area contributed by atoms with E-state index < -0.39 is 0 Å². The maximum atomic E-state index is 11.4. The van der Waals surface area contributed by atoms with Crippen LogP contribution in [0.1, 0.15) is 20.3 Å². The van der Waals surface area contributed by atoms with Crippen molar-refractivity contribution in [3.05, 3.63) is 0 Å². The zero-order valence-corrected chi connectivity index (χ0v) is 7.21. The Labute approximate surface area is 67.5 Å². The maximum absolute atomic E-state index is 11.4. The molecule has 64 valence electrons. The first-order valence-electron chi connectivity index (χ1n) is 4.15. The van der Waals surface area contributed by atoms with Crippen molar-refractivity contribution in [2.24, 2.45) is 11.7 Å². The van der Waals surface area contributed by atoms with Gasteiger partial charge in [0, 0.05) is 25.0 Å². The van der Waals surface area contributed by atoms with Crippen LogP contribution in [0.2, 0.25) is 0 Å². The zero-order chi connectivity index (χ0) is 8.43. The highest BCUT2D eigenvalue weighted by atomic mass is 16.2. The van der Waals surface area contributed by atoms with Crippen LogP contribution in [0, 0.1) is 5.92 Å². The lowest BCUT2D eigenvalue weighted by molar-refractivity contribution is -0.133. The average Bonchev–Trinajstić information content (AvgIpc) is 2.34. The Hall–Kier alpha value is -0.570. The lowest BCUT2D eigenvalue weighted by Crippen LogP contribution is -2.34. The van der Waals surface area contributed by atoms with Crippen molar-refractivity contribution < 1.29 is 4.79 Å². The minimum atomic E-state index is 0.111. The SMILES string of the molecule is CC(C)C(=O)N1CC[C@H](N)C1. The molecule has 0 aromatic heterocycles. The second-order valence-corrected chi connectivity index (χ2v) is 3.49. The summed E-state index contributed by atoms with van der Waals surface area (Å²) < 4.78 is 0. The predicted molar refractivity (Wildman–Crippen MR) is 44.0 cm³/mol. The fraction of sp³-hybridized carbons (Fsp3) is 0.875. The van der Waals surface area contributed by atoms with E-state index >= 15 is 0 Å². The summed E-state index contributed by atoms with van der Waals surface area (Å²) in [6.45, 7) is 5.44. The Kier molecular flexibility index (Phi) is 2.49. The number of likely N-dealkylation sites (tertiary alicyclic amines) is 1. The van der Waals surface area contributed by atoms with Gasteiger partial charge in [-0.3, -0.25) is 4.79 Å². The van der Waals surface area contributed by atoms with E-state index in [1.54, 1.807) is 0 Å². The fourth-order valence-corrected chi connectivity index (χ4v) is 1.35. The summed E-state index contributed by atoms with van der Waals surface area (Å²) in [7, 11) is 0. The van der Waals surface area contributed by atoms with Gasteiger partial charge in [-0.05, 0) is 6.42 Å². The molecule has 1 aliphatic heterocycles. The van der Waals surface area contributed by atoms with Crippen LogP contribution in [-0.4, -0.2) is 29.9 Å². The Morgan fingerprint density at radius 3 is 2.64 bits per heavy atom. The molecule has 1 saturated heterocycles. The Balaban J connectivity index is 2.43. The molecule has 2 N–H and O–H groups in total. The Morgan fingerprint density at radius 2 is 2.27 bits per heavy atom. The quantitative estimate of drug-likeness (QED) is 0.589. The maximum Gasteiger partial charge on any atom is 0.225 e. The van der Waals surface area contributed by atoms with Crippen LogP contribution < -0.4 is 5.73 Å². The highest BCUT2D eigenvalue weighted by Gasteiger charge is 2.24. The molecule has 1 aliphatic rings. The number of nitrogens with two attached hydrogens (primary N) is 1. The second kappa shape index (κ2) is 3.22. The minimum absolute atomic E-state index is 0.111. The molecule has 0 unspecified atom stereocenters. The second-order valence-electron chi connectivity index (χ2n) is 3.49. The van der Waals surface area contributed by atoms with E-state index in [-0.39, 0.29) is 17.9 Å². The van der Waals surface area contributed by atoms with Crippen LogP contribution in [-0.2, 0) is 4.79 Å². The van der Waals surface area contributed by atoms with Crippen LogP contribution in [0.3, 0.4) is 0 Å². The first kappa shape index (κ1) is 8.53. The first-order chi connectivity index (χ1) is 5.11. The molecule has 0 saturated carbocycles. The molecule has 0 aromatic rings. The summed E-state index contributed by atoms with van der Waals surface area (Å²) >= 11 is 0. The molecule has 11 heavy (non-hydrogen) atoms. The van der Waals surface area contributed by atoms with Crippen LogP contribution in [0.4, 0.5) is 0 Å². The lowest BCUT2D eigenvalue weighted by atomic mass is 10.2. The molecule has 1 fully saturated rings. The zero-order valence-electron chi connectivity index (χ0n) is 7.21. The number of nitrogens with zero attached hydrogens (tertiary/aromatic N) is 1. The molecule has 1 atom stereocenters. The van der Waals surface area contributed by atoms with Crippen LogP contribution >= 0.6 is 0 Å². The summed E-state index contributed by atoms with van der Waals surface area (Å²) in [5.74, 6) is 0.346. The standard InChI is InChI=1S/C8H16N2O/c1-6(2)8(11)10-4-3-7(9)5-10/h6-7H,3-5,9H2,1-2H3/t7-/m0/s1. The number of hydrogen-bond donors (Lipinski definition) is 1. The van der Waals surface area contributed by atoms with Gasteiger partial charge in [-0.25, -0.2) is 0 Å². The minimum Gasteiger partial charge on any atom is -0.341 e. The topological polar surface area (TPSA) is 46.3 Å². The molecule has 0 aromatic carbocycles. The van der Waals surface area contributed by atoms with E-state index in [4.69, 9.17) is 5.73 Å². The molecule has 0 bridgehead atoms. The van der Waals surface area contributed by atoms with Crippen molar-refractivity contribution >= 4 is 5.91 Å². The smallest absolute Gasteiger partial charge is 0.225 e. The molecule has 0 radical (unpaired) electrons. The number of amides is 1. The van der Waals surface area contributed by atoms with Crippen molar-refractivity contribution in [1.82, 2.24) is 4.90 Å². The van der Waals surface area contributed by atoms with Gasteiger partial charge >= 0.3 is 0 Å². The normalized spacial score (nSPS) is 24.7. The monoisotopic (exact) mass is 156 g/mol. The van der Waals surface area contributed by atoms with Crippen LogP contribution in [0.5, 0.6) is 0 Å². The lowest BCUT2D eigenvalue weighted by Gasteiger charge is -2.17. The van der Waals surface area contributed by atoms with Crippen LogP contribution in [0.25, 0.3) is 0 Å². The molecule has 1 rings (SSSR count). The van der Waals surface area contributed by atoms with Crippen molar-refractivity contribution in [2.75, 3.05) is 13.1 Å². The molecule has 1 heterocycles. The average molecular weight is 156 g/mol. The van der Waals surface area contributed by atoms with E-state index in [2.05, 4.69) is 0 Å². The van der Waals surface area contributed by atoms with Gasteiger partial charge in [0.05, 0.1) is 0 Å². The largest absolute Gasteiger partial charge is 0.341 e. The van der Waals surface area contributed by atoms with Gasteiger partial charge in [-0.1, -0.05) is 13.8 Å². The summed E-state index contributed by atoms with van der Waals surface area (Å²) in [4.78, 5) is 13.2. The Morgan fingerprint density at radius 1 is 1.64 bits per heavy atom. The number of carbonyl (C=O) groups is 1. The summed E-state index contributed by atoms with van der Waals surface area (Å²) in [5, 5.41) is 0. The van der Waals surface area contributed by atoms with Crippen molar-refractivity contribution in [3.63, 3.8) is 0 Å². The summed E-state index contributed by atoms with van der Waals surface area (Å²) in [6, 6.07) is 0.206. The highest BCUT2D eigenvalue weighted by molar-refractivity contribution is 5.78. The van der Waals surface area contributed by atoms with Gasteiger partial charge < -0.3 is 10.6 Å². The van der Waals surface area contributed by atoms with E-state index in [0.29, 0.717) is 0 Å². The third-order valence-corrected chi connectivity index (χ3v) is 2.03. The van der Waals surface area contributed by atoms with E-state index in [0.717, 1.165) is 19.5 Å². The molecule has 0 spiro atoms. The Bertz CT molecular complexity index is 156. The highest BCUT2D eigenvalue weighted by Crippen LogP contribution is 2.10. The van der Waals surface area contributed by atoms with Crippen molar-refractivity contribution in [1.29, 1.82) is 0 Å². The van der Waals surface area contributed by atoms with E-state index in [9.17, 15) is 4.79 Å². The summed E-state index contributed by atoms with van der Waals surface area (Å²) in [6.07, 6.45) is 0.957. The van der Waals surface area contributed by atoms with Gasteiger partial charge in [-0.2, -0.15) is 0 Å². The summed E-state index contributed by atoms with van der Waals surface area (Å²) in [5.41, 5.74) is 5.67. The van der Waals surface area contributed by atoms with Gasteiger partial charge in [0.15, 0.2) is 0 Å². The molecule has 3 heteroatoms. The van der Waals surface area contributed by atoms with Gasteiger partial charge in [0.2, 0.25) is 5.91 Å². The van der Waals surface area contributed by atoms with E-state index in [1.165, 1.54) is 0 Å². The van der Waals surface area contributed by atoms with Gasteiger partial charge in [-0.15, -0.1) is 0 Å². The van der Waals surface area contributed by atoms with Gasteiger partial charge in [0.25, 0.3) is 0 Å². The third-order valence-electron chi connectivity index (χ3n) is 2.03. The molecule has 0 aliphatic carbocycles. The molecular weight excluding hydrogens is 140 g/mol. The third kappa shape index (κ3) is 1.93. The van der Waals surface area contributed by atoms with Gasteiger partial charge in [0.1, 0.15) is 0 Å². The van der Waals surface area contributed by atoms with Crippen molar-refractivity contribution in [2.45, 2.75) is 26.3 Å². The molecule has 3 nitrogen and oxygen atoms in total. The molecular formula is C8H16N2O. The number of carbonyl (C=O) groups excluding carboxylic acids is 1. The number of rotatable bonds is 1. The predicted octanol–water partition coefficient (Wildman–Crippen LogP) is 0.202.